The molecule has 1 aliphatic heterocycles. The largest absolute Gasteiger partial charge is 0.475 e. The first kappa shape index (κ1) is 14.6. The molecule has 0 radical (unpaired) electrons. The first-order chi connectivity index (χ1) is 9.07. The minimum Gasteiger partial charge on any atom is -0.475 e. The molecule has 0 aliphatic carbocycles. The SMILES string of the molecule is O=S(=O)(Cl)c1cccnc1OCCN1CCCCC1. The zero-order valence-electron chi connectivity index (χ0n) is 10.6. The lowest BCUT2D eigenvalue weighted by atomic mass is 10.1. The molecular formula is C12H17ClN2O3S. The van der Waals surface area contributed by atoms with Gasteiger partial charge in [0, 0.05) is 23.4 Å². The van der Waals surface area contributed by atoms with E-state index in [0.717, 1.165) is 19.6 Å². The Labute approximate surface area is 118 Å². The van der Waals surface area contributed by atoms with Crippen molar-refractivity contribution in [3.05, 3.63) is 18.3 Å². The molecule has 1 aliphatic rings. The zero-order chi connectivity index (χ0) is 13.7. The third kappa shape index (κ3) is 4.33. The molecule has 0 unspecified atom stereocenters. The van der Waals surface area contributed by atoms with E-state index in [9.17, 15) is 8.42 Å². The molecule has 0 amide bonds. The summed E-state index contributed by atoms with van der Waals surface area (Å²) in [6.45, 7) is 3.34. The number of piperidine rings is 1. The number of aromatic nitrogens is 1. The lowest BCUT2D eigenvalue weighted by molar-refractivity contribution is 0.178. The molecule has 0 aromatic carbocycles. The third-order valence-corrected chi connectivity index (χ3v) is 4.43. The Bertz CT molecular complexity index is 515. The summed E-state index contributed by atoms with van der Waals surface area (Å²) in [5, 5.41) is 0. The van der Waals surface area contributed by atoms with Crippen LogP contribution in [0, 0.1) is 0 Å². The van der Waals surface area contributed by atoms with Crippen molar-refractivity contribution in [1.82, 2.24) is 9.88 Å². The highest BCUT2D eigenvalue weighted by Crippen LogP contribution is 2.23. The highest BCUT2D eigenvalue weighted by molar-refractivity contribution is 8.13. The summed E-state index contributed by atoms with van der Waals surface area (Å²) in [7, 11) is 1.52. The van der Waals surface area contributed by atoms with Gasteiger partial charge < -0.3 is 4.74 Å². The van der Waals surface area contributed by atoms with Crippen molar-refractivity contribution in [3.8, 4) is 5.88 Å². The summed E-state index contributed by atoms with van der Waals surface area (Å²) >= 11 is 0. The van der Waals surface area contributed by atoms with E-state index in [1.54, 1.807) is 0 Å². The Balaban J connectivity index is 1.92. The highest BCUT2D eigenvalue weighted by Gasteiger charge is 2.18. The molecule has 2 rings (SSSR count). The van der Waals surface area contributed by atoms with E-state index in [1.165, 1.54) is 37.6 Å². The molecule has 5 nitrogen and oxygen atoms in total. The molecule has 1 saturated heterocycles. The second kappa shape index (κ2) is 6.54. The molecule has 1 aromatic rings. The number of hydrogen-bond acceptors (Lipinski definition) is 5. The van der Waals surface area contributed by atoms with Crippen molar-refractivity contribution in [1.29, 1.82) is 0 Å². The normalized spacial score (nSPS) is 17.3. The first-order valence-corrected chi connectivity index (χ1v) is 8.63. The molecule has 7 heteroatoms. The van der Waals surface area contributed by atoms with Crippen molar-refractivity contribution in [2.45, 2.75) is 24.2 Å². The molecule has 19 heavy (non-hydrogen) atoms. The summed E-state index contributed by atoms with van der Waals surface area (Å²) in [4.78, 5) is 6.16. The van der Waals surface area contributed by atoms with E-state index in [4.69, 9.17) is 15.4 Å². The summed E-state index contributed by atoms with van der Waals surface area (Å²) in [6.07, 6.45) is 5.20. The van der Waals surface area contributed by atoms with Crippen molar-refractivity contribution >= 4 is 19.7 Å². The van der Waals surface area contributed by atoms with Gasteiger partial charge in [-0.2, -0.15) is 0 Å². The van der Waals surface area contributed by atoms with Gasteiger partial charge in [0.2, 0.25) is 5.88 Å². The first-order valence-electron chi connectivity index (χ1n) is 6.32. The molecule has 0 saturated carbocycles. The molecule has 1 aromatic heterocycles. The number of pyridine rings is 1. The van der Waals surface area contributed by atoms with Crippen LogP contribution in [0.5, 0.6) is 5.88 Å². The molecule has 1 fully saturated rings. The molecule has 0 bridgehead atoms. The maximum Gasteiger partial charge on any atom is 0.266 e. The van der Waals surface area contributed by atoms with Crippen LogP contribution >= 0.6 is 10.7 Å². The third-order valence-electron chi connectivity index (χ3n) is 3.09. The van der Waals surface area contributed by atoms with Gasteiger partial charge in [0.25, 0.3) is 9.05 Å². The quantitative estimate of drug-likeness (QED) is 0.777. The molecular weight excluding hydrogens is 288 g/mol. The average molecular weight is 305 g/mol. The Morgan fingerprint density at radius 2 is 2.05 bits per heavy atom. The van der Waals surface area contributed by atoms with Gasteiger partial charge >= 0.3 is 0 Å². The van der Waals surface area contributed by atoms with Crippen LogP contribution < -0.4 is 4.74 Å². The summed E-state index contributed by atoms with van der Waals surface area (Å²) in [5.74, 6) is 0.0782. The smallest absolute Gasteiger partial charge is 0.266 e. The van der Waals surface area contributed by atoms with Gasteiger partial charge in [-0.15, -0.1) is 0 Å². The van der Waals surface area contributed by atoms with Crippen LogP contribution in [-0.2, 0) is 9.05 Å². The van der Waals surface area contributed by atoms with Crippen LogP contribution in [0.15, 0.2) is 23.2 Å². The second-order valence-electron chi connectivity index (χ2n) is 4.50. The monoisotopic (exact) mass is 304 g/mol. The predicted octanol–water partition coefficient (Wildman–Crippen LogP) is 1.87. The van der Waals surface area contributed by atoms with Crippen LogP contribution in [0.25, 0.3) is 0 Å². The van der Waals surface area contributed by atoms with Crippen molar-refractivity contribution in [2.24, 2.45) is 0 Å². The van der Waals surface area contributed by atoms with Gasteiger partial charge in [-0.3, -0.25) is 4.90 Å². The topological polar surface area (TPSA) is 59.5 Å². The van der Waals surface area contributed by atoms with Gasteiger partial charge in [0.1, 0.15) is 11.5 Å². The number of nitrogens with zero attached hydrogens (tertiary/aromatic N) is 2. The van der Waals surface area contributed by atoms with E-state index < -0.39 is 9.05 Å². The van der Waals surface area contributed by atoms with Gasteiger partial charge in [0.15, 0.2) is 0 Å². The van der Waals surface area contributed by atoms with Gasteiger partial charge in [0.05, 0.1) is 0 Å². The van der Waals surface area contributed by atoms with E-state index in [2.05, 4.69) is 9.88 Å². The van der Waals surface area contributed by atoms with Crippen LogP contribution in [0.4, 0.5) is 0 Å². The van der Waals surface area contributed by atoms with Crippen molar-refractivity contribution in [2.75, 3.05) is 26.2 Å². The van der Waals surface area contributed by atoms with Crippen LogP contribution in [-0.4, -0.2) is 44.5 Å². The maximum absolute atomic E-state index is 11.4. The lowest BCUT2D eigenvalue weighted by Crippen LogP contribution is -2.33. The fourth-order valence-electron chi connectivity index (χ4n) is 2.12. The maximum atomic E-state index is 11.4. The number of ether oxygens (including phenoxy) is 1. The standard InChI is InChI=1S/C12H17ClN2O3S/c13-19(16,17)11-5-4-6-14-12(11)18-10-9-15-7-2-1-3-8-15/h4-6H,1-3,7-10H2. The molecule has 0 N–H and O–H groups in total. The number of halogens is 1. The zero-order valence-corrected chi connectivity index (χ0v) is 12.2. The lowest BCUT2D eigenvalue weighted by Gasteiger charge is -2.26. The number of hydrogen-bond donors (Lipinski definition) is 0. The highest BCUT2D eigenvalue weighted by atomic mass is 35.7. The Kier molecular flexibility index (Phi) is 5.01. The predicted molar refractivity (Wildman–Crippen MR) is 73.1 cm³/mol. The minimum atomic E-state index is -3.82. The summed E-state index contributed by atoms with van der Waals surface area (Å²) in [6, 6.07) is 2.91. The molecule has 106 valence electrons. The van der Waals surface area contributed by atoms with E-state index in [0.29, 0.717) is 6.61 Å². The summed E-state index contributed by atoms with van der Waals surface area (Å²) in [5.41, 5.74) is 0. The fourth-order valence-corrected chi connectivity index (χ4v) is 3.04. The number of rotatable bonds is 5. The Morgan fingerprint density at radius 1 is 1.32 bits per heavy atom. The molecule has 2 heterocycles. The van der Waals surface area contributed by atoms with Crippen LogP contribution in [0.2, 0.25) is 0 Å². The van der Waals surface area contributed by atoms with Crippen LogP contribution in [0.3, 0.4) is 0 Å². The second-order valence-corrected chi connectivity index (χ2v) is 7.03. The van der Waals surface area contributed by atoms with Gasteiger partial charge in [-0.1, -0.05) is 6.42 Å². The van der Waals surface area contributed by atoms with Gasteiger partial charge in [-0.05, 0) is 38.1 Å². The van der Waals surface area contributed by atoms with Gasteiger partial charge in [-0.25, -0.2) is 13.4 Å². The summed E-state index contributed by atoms with van der Waals surface area (Å²) < 4.78 is 28.2. The Hall–Kier alpha value is -0.850. The molecule has 0 spiro atoms. The van der Waals surface area contributed by atoms with Crippen LogP contribution in [0.1, 0.15) is 19.3 Å². The van der Waals surface area contributed by atoms with E-state index in [-0.39, 0.29) is 10.8 Å². The van der Waals surface area contributed by atoms with Crippen molar-refractivity contribution in [3.63, 3.8) is 0 Å². The number of likely N-dealkylation sites (tertiary alicyclic amines) is 1. The van der Waals surface area contributed by atoms with E-state index in [1.807, 2.05) is 0 Å². The fraction of sp³-hybridized carbons (Fsp3) is 0.583. The minimum absolute atomic E-state index is 0.0738. The van der Waals surface area contributed by atoms with Crippen molar-refractivity contribution < 1.29 is 13.2 Å². The molecule has 0 atom stereocenters. The van der Waals surface area contributed by atoms with E-state index >= 15 is 0 Å². The Morgan fingerprint density at radius 3 is 2.74 bits per heavy atom. The average Bonchev–Trinajstić information content (AvgIpc) is 2.39.